The quantitative estimate of drug-likeness (QED) is 0.883. The van der Waals surface area contributed by atoms with Gasteiger partial charge in [0.05, 0.1) is 0 Å². The van der Waals surface area contributed by atoms with E-state index in [1.54, 1.807) is 12.1 Å². The van der Waals surface area contributed by atoms with E-state index < -0.39 is 0 Å². The van der Waals surface area contributed by atoms with Crippen LogP contribution in [0.15, 0.2) is 18.2 Å². The van der Waals surface area contributed by atoms with E-state index in [4.69, 9.17) is 11.6 Å². The van der Waals surface area contributed by atoms with Gasteiger partial charge in [-0.25, -0.2) is 4.39 Å². The number of nitrogens with zero attached hydrogens (tertiary/aromatic N) is 1. The third-order valence-electron chi connectivity index (χ3n) is 3.40. The average Bonchev–Trinajstić information content (AvgIpc) is 2.43. The Morgan fingerprint density at radius 2 is 2.40 bits per heavy atom. The lowest BCUT2D eigenvalue weighted by molar-refractivity contribution is -0.127. The van der Waals surface area contributed by atoms with Crippen molar-refractivity contribution in [2.45, 2.75) is 19.5 Å². The fourth-order valence-corrected chi connectivity index (χ4v) is 2.51. The van der Waals surface area contributed by atoms with Crippen LogP contribution in [0.4, 0.5) is 4.39 Å². The van der Waals surface area contributed by atoms with Crippen molar-refractivity contribution in [1.29, 1.82) is 0 Å². The molecule has 0 spiro atoms. The summed E-state index contributed by atoms with van der Waals surface area (Å²) in [5.74, 6) is -0.347. The highest BCUT2D eigenvalue weighted by Gasteiger charge is 2.28. The van der Waals surface area contributed by atoms with E-state index in [-0.39, 0.29) is 17.8 Å². The number of piperazine rings is 1. The SMILES string of the molecule is CCNC(=O)C1CNCCN1Cc1ccc(Cl)cc1F. The van der Waals surface area contributed by atoms with Crippen LogP contribution >= 0.6 is 11.6 Å². The van der Waals surface area contributed by atoms with Gasteiger partial charge in [0.1, 0.15) is 11.9 Å². The normalized spacial score (nSPS) is 19.9. The molecule has 1 amide bonds. The standard InChI is InChI=1S/C14H19ClFN3O/c1-2-18-14(20)13-8-17-5-6-19(13)9-10-3-4-11(15)7-12(10)16/h3-4,7,13,17H,2,5-6,8-9H2,1H3,(H,18,20). The van der Waals surface area contributed by atoms with Crippen molar-refractivity contribution in [3.8, 4) is 0 Å². The van der Waals surface area contributed by atoms with E-state index in [0.717, 1.165) is 6.54 Å². The van der Waals surface area contributed by atoms with E-state index in [2.05, 4.69) is 10.6 Å². The molecule has 1 aliphatic rings. The number of rotatable bonds is 4. The maximum atomic E-state index is 13.9. The van der Waals surface area contributed by atoms with Gasteiger partial charge in [0.2, 0.25) is 5.91 Å². The van der Waals surface area contributed by atoms with Crippen LogP contribution in [0.25, 0.3) is 0 Å². The van der Waals surface area contributed by atoms with Crippen LogP contribution in [0.2, 0.25) is 5.02 Å². The zero-order valence-electron chi connectivity index (χ0n) is 11.5. The number of carbonyl (C=O) groups is 1. The van der Waals surface area contributed by atoms with Crippen LogP contribution in [-0.2, 0) is 11.3 Å². The number of nitrogens with one attached hydrogen (secondary N) is 2. The van der Waals surface area contributed by atoms with Gasteiger partial charge in [-0.15, -0.1) is 0 Å². The van der Waals surface area contributed by atoms with Crippen molar-refractivity contribution in [1.82, 2.24) is 15.5 Å². The Morgan fingerprint density at radius 3 is 3.10 bits per heavy atom. The average molecular weight is 300 g/mol. The van der Waals surface area contributed by atoms with E-state index in [0.29, 0.717) is 36.8 Å². The molecule has 0 radical (unpaired) electrons. The molecule has 1 unspecified atom stereocenters. The third kappa shape index (κ3) is 3.69. The number of carbonyl (C=O) groups excluding carboxylic acids is 1. The number of likely N-dealkylation sites (N-methyl/N-ethyl adjacent to an activating group) is 1. The molecule has 1 atom stereocenters. The molecule has 1 aromatic rings. The molecule has 6 heteroatoms. The van der Waals surface area contributed by atoms with Gasteiger partial charge in [0, 0.05) is 43.3 Å². The van der Waals surface area contributed by atoms with E-state index in [1.165, 1.54) is 6.07 Å². The zero-order chi connectivity index (χ0) is 14.5. The fraction of sp³-hybridized carbons (Fsp3) is 0.500. The Kier molecular flexibility index (Phi) is 5.34. The van der Waals surface area contributed by atoms with E-state index >= 15 is 0 Å². The number of benzene rings is 1. The predicted molar refractivity (Wildman–Crippen MR) is 77.2 cm³/mol. The lowest BCUT2D eigenvalue weighted by Gasteiger charge is -2.35. The molecule has 2 rings (SSSR count). The molecule has 0 aliphatic carbocycles. The Bertz CT molecular complexity index is 483. The summed E-state index contributed by atoms with van der Waals surface area (Å²) in [5.41, 5.74) is 0.561. The predicted octanol–water partition coefficient (Wildman–Crippen LogP) is 1.39. The van der Waals surface area contributed by atoms with Crippen molar-refractivity contribution in [2.75, 3.05) is 26.2 Å². The van der Waals surface area contributed by atoms with Gasteiger partial charge in [-0.2, -0.15) is 0 Å². The molecule has 1 fully saturated rings. The topological polar surface area (TPSA) is 44.4 Å². The molecule has 4 nitrogen and oxygen atoms in total. The number of amides is 1. The molecule has 0 bridgehead atoms. The van der Waals surface area contributed by atoms with Crippen LogP contribution in [0.3, 0.4) is 0 Å². The molecular weight excluding hydrogens is 281 g/mol. The molecule has 1 aliphatic heterocycles. The maximum Gasteiger partial charge on any atom is 0.238 e. The second-order valence-electron chi connectivity index (χ2n) is 4.82. The van der Waals surface area contributed by atoms with Gasteiger partial charge in [0.25, 0.3) is 0 Å². The second kappa shape index (κ2) is 7.02. The maximum absolute atomic E-state index is 13.9. The lowest BCUT2D eigenvalue weighted by atomic mass is 10.1. The summed E-state index contributed by atoms with van der Waals surface area (Å²) in [6, 6.07) is 4.39. The highest BCUT2D eigenvalue weighted by molar-refractivity contribution is 6.30. The van der Waals surface area contributed by atoms with Gasteiger partial charge in [0.15, 0.2) is 0 Å². The lowest BCUT2D eigenvalue weighted by Crippen LogP contribution is -2.57. The third-order valence-corrected chi connectivity index (χ3v) is 3.63. The van der Waals surface area contributed by atoms with Gasteiger partial charge >= 0.3 is 0 Å². The Labute approximate surface area is 123 Å². The molecule has 1 aromatic carbocycles. The van der Waals surface area contributed by atoms with Crippen molar-refractivity contribution in [2.24, 2.45) is 0 Å². The van der Waals surface area contributed by atoms with Crippen LogP contribution < -0.4 is 10.6 Å². The van der Waals surface area contributed by atoms with Crippen LogP contribution in [0.5, 0.6) is 0 Å². The first-order valence-electron chi connectivity index (χ1n) is 6.78. The van der Waals surface area contributed by atoms with Gasteiger partial charge in [-0.3, -0.25) is 9.69 Å². The zero-order valence-corrected chi connectivity index (χ0v) is 12.2. The van der Waals surface area contributed by atoms with Gasteiger partial charge < -0.3 is 10.6 Å². The highest BCUT2D eigenvalue weighted by Crippen LogP contribution is 2.18. The largest absolute Gasteiger partial charge is 0.355 e. The molecule has 20 heavy (non-hydrogen) atoms. The minimum atomic E-state index is -0.328. The Morgan fingerprint density at radius 1 is 1.60 bits per heavy atom. The van der Waals surface area contributed by atoms with Crippen molar-refractivity contribution >= 4 is 17.5 Å². The molecule has 0 saturated carbocycles. The number of hydrogen-bond acceptors (Lipinski definition) is 3. The van der Waals surface area contributed by atoms with Gasteiger partial charge in [-0.1, -0.05) is 17.7 Å². The van der Waals surface area contributed by atoms with E-state index in [1.807, 2.05) is 11.8 Å². The second-order valence-corrected chi connectivity index (χ2v) is 5.26. The minimum Gasteiger partial charge on any atom is -0.355 e. The summed E-state index contributed by atoms with van der Waals surface area (Å²) < 4.78 is 13.9. The number of hydrogen-bond donors (Lipinski definition) is 2. The van der Waals surface area contributed by atoms with Crippen molar-refractivity contribution in [3.05, 3.63) is 34.6 Å². The molecule has 1 saturated heterocycles. The summed E-state index contributed by atoms with van der Waals surface area (Å²) in [4.78, 5) is 14.0. The summed E-state index contributed by atoms with van der Waals surface area (Å²) >= 11 is 5.75. The first kappa shape index (κ1) is 15.2. The first-order chi connectivity index (χ1) is 9.61. The van der Waals surface area contributed by atoms with Gasteiger partial charge in [-0.05, 0) is 19.1 Å². The summed E-state index contributed by atoms with van der Waals surface area (Å²) in [7, 11) is 0. The van der Waals surface area contributed by atoms with Crippen LogP contribution in [-0.4, -0.2) is 43.0 Å². The fourth-order valence-electron chi connectivity index (χ4n) is 2.35. The van der Waals surface area contributed by atoms with Crippen molar-refractivity contribution < 1.29 is 9.18 Å². The highest BCUT2D eigenvalue weighted by atomic mass is 35.5. The summed E-state index contributed by atoms with van der Waals surface area (Å²) in [5, 5.41) is 6.40. The summed E-state index contributed by atoms with van der Waals surface area (Å²) in [6.45, 7) is 4.98. The molecule has 0 aromatic heterocycles. The minimum absolute atomic E-state index is 0.0194. The Hall–Kier alpha value is -1.17. The van der Waals surface area contributed by atoms with Crippen molar-refractivity contribution in [3.63, 3.8) is 0 Å². The molecule has 110 valence electrons. The monoisotopic (exact) mass is 299 g/mol. The number of halogens is 2. The first-order valence-corrected chi connectivity index (χ1v) is 7.16. The van der Waals surface area contributed by atoms with E-state index in [9.17, 15) is 9.18 Å². The molecular formula is C14H19ClFN3O. The van der Waals surface area contributed by atoms with Crippen LogP contribution in [0.1, 0.15) is 12.5 Å². The molecule has 2 N–H and O–H groups in total. The Balaban J connectivity index is 2.10. The summed E-state index contributed by atoms with van der Waals surface area (Å²) in [6.07, 6.45) is 0. The van der Waals surface area contributed by atoms with Crippen LogP contribution in [0, 0.1) is 5.82 Å². The smallest absolute Gasteiger partial charge is 0.238 e. The molecule has 1 heterocycles.